The second-order valence-corrected chi connectivity index (χ2v) is 18.2. The van der Waals surface area contributed by atoms with Crippen LogP contribution in [-0.2, 0) is 153 Å². The molecule has 0 N–H and O–H groups in total. The van der Waals surface area contributed by atoms with Gasteiger partial charge in [-0.15, -0.1) is 20.3 Å². The number of hydrogen-bond acceptors (Lipinski definition) is 32. The highest BCUT2D eigenvalue weighted by molar-refractivity contribution is 6.03. The molecule has 4 aliphatic rings. The Hall–Kier alpha value is -9.80. The van der Waals surface area contributed by atoms with Gasteiger partial charge in [-0.3, -0.25) is 57.5 Å². The van der Waals surface area contributed by atoms with Crippen molar-refractivity contribution in [1.29, 1.82) is 0 Å². The quantitative estimate of drug-likeness (QED) is 0.0367. The number of hydroxylamine groups is 8. The Morgan fingerprint density at radius 3 is 0.655 bits per heavy atom. The largest absolute Gasteiger partial charge is 0.466 e. The fourth-order valence-electron chi connectivity index (χ4n) is 6.66. The molecule has 36 nitrogen and oxygen atoms in total. The normalized spacial score (nSPS) is 15.7. The lowest BCUT2D eigenvalue weighted by Crippen LogP contribution is -2.32. The molecule has 4 aliphatic heterocycles. The first-order valence-corrected chi connectivity index (χ1v) is 26.5. The zero-order chi connectivity index (χ0) is 65.5. The van der Waals surface area contributed by atoms with Gasteiger partial charge >= 0.3 is 71.6 Å². The van der Waals surface area contributed by atoms with Gasteiger partial charge in [-0.25, -0.2) is 38.4 Å². The zero-order valence-corrected chi connectivity index (χ0v) is 48.0. The third kappa shape index (κ3) is 27.2. The summed E-state index contributed by atoms with van der Waals surface area (Å²) in [5.41, 5.74) is 0. The molecule has 87 heavy (non-hydrogen) atoms. The number of nitrogens with zero attached hydrogens (tertiary/aromatic N) is 4. The monoisotopic (exact) mass is 1240 g/mol. The van der Waals surface area contributed by atoms with Crippen molar-refractivity contribution in [3.05, 3.63) is 0 Å². The molecule has 0 saturated carbocycles. The molecule has 0 aromatic rings. The van der Waals surface area contributed by atoms with Gasteiger partial charge in [0, 0.05) is 103 Å². The molecule has 4 unspecified atom stereocenters. The van der Waals surface area contributed by atoms with E-state index in [0.29, 0.717) is 20.3 Å². The van der Waals surface area contributed by atoms with Crippen LogP contribution in [0, 0.1) is 0 Å². The molecule has 36 heteroatoms. The van der Waals surface area contributed by atoms with E-state index in [-0.39, 0.29) is 128 Å². The van der Waals surface area contributed by atoms with Crippen LogP contribution < -0.4 is 0 Å². The van der Waals surface area contributed by atoms with Crippen molar-refractivity contribution in [1.82, 2.24) is 20.3 Å². The van der Waals surface area contributed by atoms with Crippen molar-refractivity contribution in [3.63, 3.8) is 0 Å². The van der Waals surface area contributed by atoms with E-state index in [2.05, 4.69) is 38.3 Å². The predicted octanol–water partition coefficient (Wildman–Crippen LogP) is -0.814. The van der Waals surface area contributed by atoms with Crippen LogP contribution in [0.3, 0.4) is 0 Å². The minimum atomic E-state index is -1.40. The molecule has 0 aliphatic carbocycles. The second-order valence-electron chi connectivity index (χ2n) is 18.2. The van der Waals surface area contributed by atoms with Crippen molar-refractivity contribution in [2.75, 3.05) is 21.0 Å². The topological polar surface area (TPSA) is 465 Å². The average Bonchev–Trinajstić information content (AvgIpc) is 3.91. The molecule has 4 atom stereocenters. The maximum absolute atomic E-state index is 12.0. The first-order chi connectivity index (χ1) is 41.0. The summed E-state index contributed by atoms with van der Waals surface area (Å²) < 4.78 is 37.4. The molecule has 4 fully saturated rings. The van der Waals surface area contributed by atoms with Gasteiger partial charge in [0.05, 0.1) is 14.2 Å². The predicted molar refractivity (Wildman–Crippen MR) is 267 cm³/mol. The Morgan fingerprint density at radius 1 is 0.299 bits per heavy atom. The number of imide groups is 4. The van der Waals surface area contributed by atoms with Crippen LogP contribution >= 0.6 is 0 Å². The van der Waals surface area contributed by atoms with Crippen molar-refractivity contribution in [2.45, 2.75) is 181 Å². The van der Waals surface area contributed by atoms with E-state index >= 15 is 0 Å². The summed E-state index contributed by atoms with van der Waals surface area (Å²) in [5.74, 6) is -14.8. The summed E-state index contributed by atoms with van der Waals surface area (Å²) in [4.78, 5) is 248. The molecule has 4 heterocycles. The SMILES string of the molecule is CC(OC(=O)CCCC(=O)ON1C(=O)CCC1=O)C(=O)OCOC(=O)C(C)OC(=O)CCCC(=O)ON1C(=O)CCC1=O.COC(=O)C(C)OC(=O)CCCC(=O)ON1C(=O)CCC1=O.COC(=O)C(C)OC(=O)CCCC(=O)ON1C(=O)CCC1=O. The lowest BCUT2D eigenvalue weighted by molar-refractivity contribution is -0.197. The van der Waals surface area contributed by atoms with E-state index in [1.807, 2.05) is 0 Å². The number of carbonyl (C=O) groups is 20. The number of methoxy groups -OCH3 is 2. The summed E-state index contributed by atoms with van der Waals surface area (Å²) in [7, 11) is 2.34. The lowest BCUT2D eigenvalue weighted by atomic mass is 10.2. The van der Waals surface area contributed by atoms with Gasteiger partial charge in [-0.1, -0.05) is 0 Å². The second kappa shape index (κ2) is 37.5. The van der Waals surface area contributed by atoms with Gasteiger partial charge in [0.15, 0.2) is 24.4 Å². The third-order valence-electron chi connectivity index (χ3n) is 11.2. The number of rotatable bonds is 30. The molecule has 480 valence electrons. The first-order valence-electron chi connectivity index (χ1n) is 26.5. The van der Waals surface area contributed by atoms with Crippen LogP contribution in [0.2, 0.25) is 0 Å². The van der Waals surface area contributed by atoms with Crippen LogP contribution in [0.5, 0.6) is 0 Å². The Labute approximate surface area is 492 Å². The average molecular weight is 1250 g/mol. The maximum atomic E-state index is 12.0. The molecule has 0 aromatic heterocycles. The van der Waals surface area contributed by atoms with E-state index in [0.717, 1.165) is 0 Å². The summed E-state index contributed by atoms with van der Waals surface area (Å²) in [5, 5.41) is 1.65. The summed E-state index contributed by atoms with van der Waals surface area (Å²) >= 11 is 0. The van der Waals surface area contributed by atoms with Crippen molar-refractivity contribution in [2.24, 2.45) is 0 Å². The highest BCUT2D eigenvalue weighted by Crippen LogP contribution is 2.18. The Morgan fingerprint density at radius 2 is 0.471 bits per heavy atom. The van der Waals surface area contributed by atoms with Crippen LogP contribution in [0.1, 0.15) is 156 Å². The van der Waals surface area contributed by atoms with Crippen LogP contribution in [0.25, 0.3) is 0 Å². The number of esters is 8. The van der Waals surface area contributed by atoms with Crippen molar-refractivity contribution < 1.29 is 153 Å². The molecule has 0 aromatic carbocycles. The minimum Gasteiger partial charge on any atom is -0.466 e. The van der Waals surface area contributed by atoms with Gasteiger partial charge in [-0.05, 0) is 53.4 Å². The molecular formula is C51H64N4O32. The van der Waals surface area contributed by atoms with Crippen molar-refractivity contribution >= 4 is 119 Å². The summed E-state index contributed by atoms with van der Waals surface area (Å²) in [6.45, 7) is 4.20. The highest BCUT2D eigenvalue weighted by atomic mass is 16.7. The standard InChI is InChI=1S/C25H30N2O16.2C13H17NO8/c1-14(40-20(32)5-3-7-22(34)42-26-16(28)9-10-17(26)29)24(36)38-13-39-25(37)15(2)41-21(33)6-4-8-23(35)43-27-18(30)11-12-19(27)31;2*1-8(13(19)20-2)21-11(17)4-3-5-12(18)22-14-9(15)6-7-10(14)16/h14-15H,3-13H2,1-2H3;2*8H,3-7H2,1-2H3. The Bertz CT molecular complexity index is 2430. The van der Waals surface area contributed by atoms with E-state index in [9.17, 15) is 95.9 Å². The minimum absolute atomic E-state index is 0.0177. The van der Waals surface area contributed by atoms with E-state index in [1.165, 1.54) is 41.9 Å². The number of amides is 8. The molecule has 0 radical (unpaired) electrons. The summed E-state index contributed by atoms with van der Waals surface area (Å²) in [6, 6.07) is 0. The lowest BCUT2D eigenvalue weighted by Gasteiger charge is -2.15. The first kappa shape index (κ1) is 73.3. The molecular weight excluding hydrogens is 1180 g/mol. The van der Waals surface area contributed by atoms with Gasteiger partial charge in [-0.2, -0.15) is 0 Å². The molecule has 0 bridgehead atoms. The van der Waals surface area contributed by atoms with E-state index < -0.39 is 150 Å². The van der Waals surface area contributed by atoms with Crippen LogP contribution in [0.4, 0.5) is 0 Å². The van der Waals surface area contributed by atoms with Crippen molar-refractivity contribution in [3.8, 4) is 0 Å². The van der Waals surface area contributed by atoms with E-state index in [4.69, 9.17) is 18.9 Å². The smallest absolute Gasteiger partial charge is 0.350 e. The van der Waals surface area contributed by atoms with E-state index in [1.54, 1.807) is 0 Å². The van der Waals surface area contributed by atoms with Gasteiger partial charge in [0.25, 0.3) is 47.3 Å². The fourth-order valence-corrected chi connectivity index (χ4v) is 6.66. The van der Waals surface area contributed by atoms with Crippen LogP contribution in [0.15, 0.2) is 0 Å². The highest BCUT2D eigenvalue weighted by Gasteiger charge is 2.36. The number of ether oxygens (including phenoxy) is 8. The molecule has 4 saturated heterocycles. The number of hydrogen-bond donors (Lipinski definition) is 0. The molecule has 4 rings (SSSR count). The van der Waals surface area contributed by atoms with Gasteiger partial charge in [0.2, 0.25) is 6.79 Å². The Balaban J connectivity index is 0.000000492. The number of carbonyl (C=O) groups excluding carboxylic acids is 20. The van der Waals surface area contributed by atoms with Gasteiger partial charge in [0.1, 0.15) is 0 Å². The fraction of sp³-hybridized carbons (Fsp3) is 0.608. The zero-order valence-electron chi connectivity index (χ0n) is 48.0. The van der Waals surface area contributed by atoms with Gasteiger partial charge < -0.3 is 57.2 Å². The van der Waals surface area contributed by atoms with Crippen LogP contribution in [-0.4, -0.2) is 185 Å². The third-order valence-corrected chi connectivity index (χ3v) is 11.2. The maximum Gasteiger partial charge on any atom is 0.350 e. The molecule has 0 spiro atoms. The Kier molecular flexibility index (Phi) is 31.6. The summed E-state index contributed by atoms with van der Waals surface area (Å²) in [6.07, 6.45) is -6.71. The molecule has 8 amide bonds.